The first-order chi connectivity index (χ1) is 9.15. The summed E-state index contributed by atoms with van der Waals surface area (Å²) in [5.74, 6) is -0.0884. The summed E-state index contributed by atoms with van der Waals surface area (Å²) < 4.78 is 39.3. The first kappa shape index (κ1) is 14.4. The molecule has 0 saturated carbocycles. The van der Waals surface area contributed by atoms with Crippen LogP contribution in [0, 0.1) is 0 Å². The van der Waals surface area contributed by atoms with Crippen LogP contribution in [-0.2, 0) is 11.3 Å². The standard InChI is InChI=1S/C13H15F2NO4/c1-12(2,3)20-11(17)16-7-8-4-5-9-10(6-8)19-13(14,15)18-9/h4-6H,7H2,1-3H3,(H,16,17). The van der Waals surface area contributed by atoms with E-state index in [1.54, 1.807) is 26.8 Å². The SMILES string of the molecule is CC(C)(C)OC(=O)NCc1ccc2c(c1)OC(F)(F)O2. The first-order valence-corrected chi connectivity index (χ1v) is 6.00. The van der Waals surface area contributed by atoms with Crippen molar-refractivity contribution in [2.24, 2.45) is 0 Å². The number of alkyl halides is 2. The zero-order valence-electron chi connectivity index (χ0n) is 11.3. The van der Waals surface area contributed by atoms with Crippen molar-refractivity contribution in [2.75, 3.05) is 0 Å². The molecule has 1 aromatic carbocycles. The van der Waals surface area contributed by atoms with Crippen molar-refractivity contribution in [1.29, 1.82) is 0 Å². The Morgan fingerprint density at radius 2 is 1.95 bits per heavy atom. The van der Waals surface area contributed by atoms with Gasteiger partial charge in [-0.2, -0.15) is 0 Å². The van der Waals surface area contributed by atoms with Gasteiger partial charge in [0.05, 0.1) is 0 Å². The maximum absolute atomic E-state index is 12.8. The molecular formula is C13H15F2NO4. The van der Waals surface area contributed by atoms with E-state index < -0.39 is 18.0 Å². The van der Waals surface area contributed by atoms with Gasteiger partial charge in [0.2, 0.25) is 0 Å². The number of rotatable bonds is 2. The lowest BCUT2D eigenvalue weighted by atomic mass is 10.2. The Hall–Kier alpha value is -2.05. The molecule has 0 aromatic heterocycles. The third-order valence-electron chi connectivity index (χ3n) is 2.30. The quantitative estimate of drug-likeness (QED) is 0.908. The highest BCUT2D eigenvalue weighted by Gasteiger charge is 2.43. The number of carbonyl (C=O) groups excluding carboxylic acids is 1. The van der Waals surface area contributed by atoms with Crippen LogP contribution in [0.1, 0.15) is 26.3 Å². The van der Waals surface area contributed by atoms with Crippen molar-refractivity contribution in [3.63, 3.8) is 0 Å². The highest BCUT2D eigenvalue weighted by atomic mass is 19.3. The second-order valence-corrected chi connectivity index (χ2v) is 5.30. The van der Waals surface area contributed by atoms with Gasteiger partial charge < -0.3 is 19.5 Å². The smallest absolute Gasteiger partial charge is 0.444 e. The Kier molecular flexibility index (Phi) is 3.45. The van der Waals surface area contributed by atoms with Crippen LogP contribution in [0.3, 0.4) is 0 Å². The Morgan fingerprint density at radius 3 is 2.60 bits per heavy atom. The molecule has 110 valence electrons. The lowest BCUT2D eigenvalue weighted by molar-refractivity contribution is -0.286. The Labute approximate surface area is 114 Å². The lowest BCUT2D eigenvalue weighted by Gasteiger charge is -2.19. The van der Waals surface area contributed by atoms with E-state index in [0.717, 1.165) is 0 Å². The predicted molar refractivity (Wildman–Crippen MR) is 65.7 cm³/mol. The molecule has 5 nitrogen and oxygen atoms in total. The highest BCUT2D eigenvalue weighted by molar-refractivity contribution is 5.67. The minimum absolute atomic E-state index is 0.0315. The number of ether oxygens (including phenoxy) is 3. The summed E-state index contributed by atoms with van der Waals surface area (Å²) in [6.45, 7) is 5.37. The van der Waals surface area contributed by atoms with E-state index in [0.29, 0.717) is 5.56 Å². The average molecular weight is 287 g/mol. The number of hydrogen-bond acceptors (Lipinski definition) is 4. The van der Waals surface area contributed by atoms with Crippen LogP contribution < -0.4 is 14.8 Å². The number of carbonyl (C=O) groups is 1. The van der Waals surface area contributed by atoms with Crippen LogP contribution in [0.15, 0.2) is 18.2 Å². The van der Waals surface area contributed by atoms with E-state index in [9.17, 15) is 13.6 Å². The Balaban J connectivity index is 1.94. The van der Waals surface area contributed by atoms with E-state index in [1.807, 2.05) is 0 Å². The van der Waals surface area contributed by atoms with Crippen molar-refractivity contribution >= 4 is 6.09 Å². The summed E-state index contributed by atoms with van der Waals surface area (Å²) in [7, 11) is 0. The van der Waals surface area contributed by atoms with Crippen molar-refractivity contribution in [3.05, 3.63) is 23.8 Å². The molecule has 0 saturated heterocycles. The molecule has 2 rings (SSSR count). The second-order valence-electron chi connectivity index (χ2n) is 5.30. The number of halogens is 2. The van der Waals surface area contributed by atoms with Gasteiger partial charge in [0.1, 0.15) is 5.60 Å². The first-order valence-electron chi connectivity index (χ1n) is 6.00. The zero-order chi connectivity index (χ0) is 15.0. The molecule has 1 amide bonds. The molecule has 0 unspecified atom stereocenters. The molecule has 1 aliphatic heterocycles. The minimum atomic E-state index is -3.64. The summed E-state index contributed by atoms with van der Waals surface area (Å²) in [5.41, 5.74) is -0.00277. The van der Waals surface area contributed by atoms with Crippen LogP contribution in [0.25, 0.3) is 0 Å². The van der Waals surface area contributed by atoms with Gasteiger partial charge in [-0.25, -0.2) is 4.79 Å². The molecule has 0 bridgehead atoms. The molecule has 0 radical (unpaired) electrons. The number of hydrogen-bond donors (Lipinski definition) is 1. The molecule has 1 heterocycles. The fraction of sp³-hybridized carbons (Fsp3) is 0.462. The maximum Gasteiger partial charge on any atom is 0.586 e. The van der Waals surface area contributed by atoms with Gasteiger partial charge in [-0.3, -0.25) is 0 Å². The molecule has 20 heavy (non-hydrogen) atoms. The number of benzene rings is 1. The van der Waals surface area contributed by atoms with Gasteiger partial charge in [0.25, 0.3) is 0 Å². The largest absolute Gasteiger partial charge is 0.586 e. The van der Waals surface area contributed by atoms with Gasteiger partial charge in [0.15, 0.2) is 11.5 Å². The molecule has 1 aliphatic rings. The fourth-order valence-corrected chi connectivity index (χ4v) is 1.59. The highest BCUT2D eigenvalue weighted by Crippen LogP contribution is 2.41. The third kappa shape index (κ3) is 3.72. The normalized spacial score (nSPS) is 15.8. The summed E-state index contributed by atoms with van der Waals surface area (Å²) in [5, 5.41) is 2.52. The molecule has 0 spiro atoms. The number of alkyl carbamates (subject to hydrolysis) is 1. The van der Waals surface area contributed by atoms with Gasteiger partial charge in [-0.05, 0) is 38.5 Å². The van der Waals surface area contributed by atoms with Crippen molar-refractivity contribution < 1.29 is 27.8 Å². The van der Waals surface area contributed by atoms with Crippen LogP contribution in [0.2, 0.25) is 0 Å². The average Bonchev–Trinajstić information content (AvgIpc) is 2.57. The Bertz CT molecular complexity index is 526. The van der Waals surface area contributed by atoms with E-state index >= 15 is 0 Å². The maximum atomic E-state index is 12.8. The van der Waals surface area contributed by atoms with Crippen LogP contribution in [0.5, 0.6) is 11.5 Å². The van der Waals surface area contributed by atoms with Crippen molar-refractivity contribution in [2.45, 2.75) is 39.2 Å². The number of nitrogens with one attached hydrogen (secondary N) is 1. The van der Waals surface area contributed by atoms with Crippen molar-refractivity contribution in [3.8, 4) is 11.5 Å². The van der Waals surface area contributed by atoms with E-state index in [1.165, 1.54) is 12.1 Å². The zero-order valence-corrected chi connectivity index (χ0v) is 11.3. The topological polar surface area (TPSA) is 56.8 Å². The predicted octanol–water partition coefficient (Wildman–Crippen LogP) is 3.03. The molecule has 0 fully saturated rings. The van der Waals surface area contributed by atoms with E-state index in [2.05, 4.69) is 14.8 Å². The Morgan fingerprint density at radius 1 is 1.30 bits per heavy atom. The van der Waals surface area contributed by atoms with Crippen LogP contribution >= 0.6 is 0 Å². The third-order valence-corrected chi connectivity index (χ3v) is 2.30. The lowest BCUT2D eigenvalue weighted by Crippen LogP contribution is -2.32. The monoisotopic (exact) mass is 287 g/mol. The van der Waals surface area contributed by atoms with Gasteiger partial charge in [-0.1, -0.05) is 6.07 Å². The van der Waals surface area contributed by atoms with Crippen molar-refractivity contribution in [1.82, 2.24) is 5.32 Å². The second kappa shape index (κ2) is 4.81. The van der Waals surface area contributed by atoms with Crippen LogP contribution in [-0.4, -0.2) is 18.0 Å². The number of fused-ring (bicyclic) bond motifs is 1. The summed E-state index contributed by atoms with van der Waals surface area (Å²) in [6, 6.07) is 4.30. The van der Waals surface area contributed by atoms with Gasteiger partial charge in [-0.15, -0.1) is 8.78 Å². The summed E-state index contributed by atoms with van der Waals surface area (Å²) in [4.78, 5) is 11.5. The van der Waals surface area contributed by atoms with E-state index in [-0.39, 0.29) is 18.0 Å². The molecular weight excluding hydrogens is 272 g/mol. The minimum Gasteiger partial charge on any atom is -0.444 e. The van der Waals surface area contributed by atoms with Gasteiger partial charge in [0, 0.05) is 6.54 Å². The molecule has 0 aliphatic carbocycles. The fourth-order valence-electron chi connectivity index (χ4n) is 1.59. The molecule has 0 atom stereocenters. The summed E-state index contributed by atoms with van der Waals surface area (Å²) >= 11 is 0. The number of amides is 1. The molecule has 1 N–H and O–H groups in total. The summed E-state index contributed by atoms with van der Waals surface area (Å²) in [6.07, 6.45) is -4.22. The van der Waals surface area contributed by atoms with E-state index in [4.69, 9.17) is 4.74 Å². The van der Waals surface area contributed by atoms with Crippen LogP contribution in [0.4, 0.5) is 13.6 Å². The molecule has 7 heteroatoms. The van der Waals surface area contributed by atoms with Gasteiger partial charge >= 0.3 is 12.4 Å². The molecule has 1 aromatic rings.